The normalized spacial score (nSPS) is 14.8. The van der Waals surface area contributed by atoms with E-state index in [1.165, 1.54) is 4.90 Å². The van der Waals surface area contributed by atoms with E-state index in [9.17, 15) is 9.59 Å². The number of ether oxygens (including phenoxy) is 1. The number of amides is 2. The summed E-state index contributed by atoms with van der Waals surface area (Å²) in [5.74, 6) is 0.844. The lowest BCUT2D eigenvalue weighted by molar-refractivity contribution is -0.123. The van der Waals surface area contributed by atoms with Crippen LogP contribution in [0.15, 0.2) is 70.0 Å². The summed E-state index contributed by atoms with van der Waals surface area (Å²) in [5.41, 5.74) is 6.28. The van der Waals surface area contributed by atoms with Crippen LogP contribution in [0.4, 0.5) is 4.79 Å². The number of rotatable bonds is 7. The highest BCUT2D eigenvalue weighted by molar-refractivity contribution is 9.10. The quantitative estimate of drug-likeness (QED) is 0.199. The molecule has 0 unspecified atom stereocenters. The minimum absolute atomic E-state index is 0.206. The number of imide groups is 1. The Balaban J connectivity index is 1.37. The van der Waals surface area contributed by atoms with Gasteiger partial charge in [-0.05, 0) is 90.9 Å². The molecule has 0 atom stereocenters. The van der Waals surface area contributed by atoms with Gasteiger partial charge >= 0.3 is 0 Å². The molecule has 4 aromatic rings. The molecular weight excluding hydrogens is 572 g/mol. The number of carbonyl (C=O) groups excluding carboxylic acids is 2. The molecule has 1 aromatic heterocycles. The first kappa shape index (κ1) is 27.3. The van der Waals surface area contributed by atoms with Crippen molar-refractivity contribution in [2.75, 3.05) is 13.2 Å². The topological polar surface area (TPSA) is 51.5 Å². The summed E-state index contributed by atoms with van der Waals surface area (Å²) in [5, 5.41) is 2.00. The number of fused-ring (bicyclic) bond motifs is 1. The number of nitrogens with zero attached hydrogens (tertiary/aromatic N) is 2. The molecule has 0 saturated carbocycles. The summed E-state index contributed by atoms with van der Waals surface area (Å²) in [6, 6.07) is 20.7. The maximum absolute atomic E-state index is 13.2. The highest BCUT2D eigenvalue weighted by Crippen LogP contribution is 2.36. The van der Waals surface area contributed by atoms with E-state index in [1.807, 2.05) is 38.1 Å². The highest BCUT2D eigenvalue weighted by Gasteiger charge is 2.35. The zero-order chi connectivity index (χ0) is 27.8. The molecule has 200 valence electrons. The second kappa shape index (κ2) is 11.1. The van der Waals surface area contributed by atoms with E-state index in [0.29, 0.717) is 10.8 Å². The molecular formula is C32H31BrN2O3S. The molecule has 3 aromatic carbocycles. The summed E-state index contributed by atoms with van der Waals surface area (Å²) in [7, 11) is 0. The van der Waals surface area contributed by atoms with Crippen molar-refractivity contribution >= 4 is 55.7 Å². The van der Waals surface area contributed by atoms with Crippen LogP contribution in [0.25, 0.3) is 22.5 Å². The minimum atomic E-state index is -0.277. The van der Waals surface area contributed by atoms with Crippen LogP contribution in [0, 0.1) is 20.8 Å². The molecule has 7 heteroatoms. The zero-order valence-corrected chi connectivity index (χ0v) is 25.2. The molecule has 0 aliphatic carbocycles. The van der Waals surface area contributed by atoms with Gasteiger partial charge < -0.3 is 9.30 Å². The Morgan fingerprint density at radius 2 is 1.72 bits per heavy atom. The van der Waals surface area contributed by atoms with Crippen LogP contribution in [-0.4, -0.2) is 33.8 Å². The van der Waals surface area contributed by atoms with Gasteiger partial charge in [0.1, 0.15) is 12.4 Å². The Morgan fingerprint density at radius 1 is 0.974 bits per heavy atom. The number of aryl methyl sites for hydroxylation is 2. The molecule has 2 heterocycles. The molecule has 5 nitrogen and oxygen atoms in total. The second-order valence-electron chi connectivity index (χ2n) is 10.2. The largest absolute Gasteiger partial charge is 0.491 e. The summed E-state index contributed by atoms with van der Waals surface area (Å²) < 4.78 is 9.29. The lowest BCUT2D eigenvalue weighted by atomic mass is 10.0. The molecule has 1 saturated heterocycles. The van der Waals surface area contributed by atoms with Crippen LogP contribution in [0.3, 0.4) is 0 Å². The maximum Gasteiger partial charge on any atom is 0.293 e. The maximum atomic E-state index is 13.2. The molecule has 0 N–H and O–H groups in total. The van der Waals surface area contributed by atoms with Crippen LogP contribution >= 0.6 is 27.7 Å². The first-order valence-electron chi connectivity index (χ1n) is 13.0. The Morgan fingerprint density at radius 3 is 2.46 bits per heavy atom. The number of hydrogen-bond acceptors (Lipinski definition) is 4. The fraction of sp³-hybridized carbons (Fsp3) is 0.250. The number of benzene rings is 3. The molecule has 0 spiro atoms. The van der Waals surface area contributed by atoms with E-state index in [1.54, 1.807) is 0 Å². The summed E-state index contributed by atoms with van der Waals surface area (Å²) >= 11 is 4.65. The van der Waals surface area contributed by atoms with Crippen molar-refractivity contribution in [3.63, 3.8) is 0 Å². The van der Waals surface area contributed by atoms with Gasteiger partial charge in [0.2, 0.25) is 0 Å². The van der Waals surface area contributed by atoms with Gasteiger partial charge in [0.05, 0.1) is 17.1 Å². The molecule has 0 radical (unpaired) electrons. The first-order chi connectivity index (χ1) is 18.7. The highest BCUT2D eigenvalue weighted by atomic mass is 79.9. The summed E-state index contributed by atoms with van der Waals surface area (Å²) in [4.78, 5) is 27.7. The van der Waals surface area contributed by atoms with Gasteiger partial charge in [-0.25, -0.2) is 0 Å². The van der Waals surface area contributed by atoms with Crippen molar-refractivity contribution in [1.82, 2.24) is 9.47 Å². The van der Waals surface area contributed by atoms with E-state index in [4.69, 9.17) is 4.74 Å². The molecule has 2 amide bonds. The van der Waals surface area contributed by atoms with Gasteiger partial charge in [0.15, 0.2) is 0 Å². The summed E-state index contributed by atoms with van der Waals surface area (Å²) in [6.07, 6.45) is 1.84. The van der Waals surface area contributed by atoms with E-state index >= 15 is 0 Å². The molecule has 1 aliphatic heterocycles. The fourth-order valence-electron chi connectivity index (χ4n) is 5.07. The Kier molecular flexibility index (Phi) is 7.74. The van der Waals surface area contributed by atoms with Crippen molar-refractivity contribution in [3.8, 4) is 11.4 Å². The Bertz CT molecular complexity index is 1640. The van der Waals surface area contributed by atoms with Gasteiger partial charge in [-0.3, -0.25) is 14.5 Å². The molecule has 1 fully saturated rings. The van der Waals surface area contributed by atoms with Crippen molar-refractivity contribution in [1.29, 1.82) is 0 Å². The second-order valence-corrected chi connectivity index (χ2v) is 12.0. The molecule has 1 aliphatic rings. The van der Waals surface area contributed by atoms with E-state index in [2.05, 4.69) is 83.7 Å². The van der Waals surface area contributed by atoms with Gasteiger partial charge in [-0.15, -0.1) is 0 Å². The molecule has 0 bridgehead atoms. The van der Waals surface area contributed by atoms with Crippen LogP contribution in [0.5, 0.6) is 5.75 Å². The smallest absolute Gasteiger partial charge is 0.293 e. The van der Waals surface area contributed by atoms with E-state index in [-0.39, 0.29) is 24.3 Å². The molecule has 39 heavy (non-hydrogen) atoms. The van der Waals surface area contributed by atoms with E-state index in [0.717, 1.165) is 66.5 Å². The number of hydrogen-bond donors (Lipinski definition) is 0. The van der Waals surface area contributed by atoms with Crippen molar-refractivity contribution in [3.05, 3.63) is 98.1 Å². The number of halogens is 1. The third kappa shape index (κ3) is 5.30. The van der Waals surface area contributed by atoms with Crippen LogP contribution < -0.4 is 4.74 Å². The Hall–Kier alpha value is -3.29. The molecule has 5 rings (SSSR count). The van der Waals surface area contributed by atoms with Crippen molar-refractivity contribution in [2.45, 2.75) is 40.5 Å². The third-order valence-corrected chi connectivity index (χ3v) is 8.68. The SMILES string of the molecule is Cc1ccc(C(C)C)c(OCCN2C(=O)S/C(=C\c3cc(C)n(-c4ccc(Br)c5ccccc45)c3C)C2=O)c1. The summed E-state index contributed by atoms with van der Waals surface area (Å²) in [6.45, 7) is 10.8. The fourth-order valence-corrected chi connectivity index (χ4v) is 6.40. The average molecular weight is 604 g/mol. The minimum Gasteiger partial charge on any atom is -0.491 e. The van der Waals surface area contributed by atoms with Crippen molar-refractivity contribution < 1.29 is 14.3 Å². The average Bonchev–Trinajstić information content (AvgIpc) is 3.33. The Labute approximate surface area is 242 Å². The monoisotopic (exact) mass is 602 g/mol. The third-order valence-electron chi connectivity index (χ3n) is 7.08. The first-order valence-corrected chi connectivity index (χ1v) is 14.6. The number of thioether (sulfide) groups is 1. The lowest BCUT2D eigenvalue weighted by Crippen LogP contribution is -2.32. The standard InChI is InChI=1S/C32H31BrN2O3S/c1-19(2)24-11-10-20(3)16-29(24)38-15-14-34-31(36)30(39-32(34)37)18-23-17-21(4)35(22(23)5)28-13-12-27(33)25-8-6-7-9-26(25)28/h6-13,16-19H,14-15H2,1-5H3/b30-18-. The van der Waals surface area contributed by atoms with Crippen molar-refractivity contribution in [2.24, 2.45) is 0 Å². The van der Waals surface area contributed by atoms with Gasteiger partial charge in [0.25, 0.3) is 11.1 Å². The van der Waals surface area contributed by atoms with E-state index < -0.39 is 0 Å². The zero-order valence-electron chi connectivity index (χ0n) is 22.7. The number of carbonyl (C=O) groups is 2. The lowest BCUT2D eigenvalue weighted by Gasteiger charge is -2.17. The van der Waals surface area contributed by atoms with Crippen LogP contribution in [-0.2, 0) is 4.79 Å². The van der Waals surface area contributed by atoms with Gasteiger partial charge in [-0.2, -0.15) is 0 Å². The van der Waals surface area contributed by atoms with Crippen LogP contribution in [0.2, 0.25) is 0 Å². The van der Waals surface area contributed by atoms with Gasteiger partial charge in [0, 0.05) is 21.2 Å². The number of aromatic nitrogens is 1. The predicted octanol–water partition coefficient (Wildman–Crippen LogP) is 8.56. The van der Waals surface area contributed by atoms with Crippen LogP contribution in [0.1, 0.15) is 47.8 Å². The predicted molar refractivity (Wildman–Crippen MR) is 164 cm³/mol. The van der Waals surface area contributed by atoms with Gasteiger partial charge in [-0.1, -0.05) is 66.2 Å².